The van der Waals surface area contributed by atoms with Gasteiger partial charge in [-0.1, -0.05) is 0 Å². The number of carboxylic acids is 1. The van der Waals surface area contributed by atoms with Gasteiger partial charge in [0.1, 0.15) is 5.92 Å². The van der Waals surface area contributed by atoms with Crippen LogP contribution in [-0.4, -0.2) is 34.7 Å². The first-order valence-electron chi connectivity index (χ1n) is 4.69. The number of nitrogens with one attached hydrogen (secondary N) is 1. The van der Waals surface area contributed by atoms with Crippen LogP contribution in [0.15, 0.2) is 0 Å². The zero-order valence-electron chi connectivity index (χ0n) is 8.06. The van der Waals surface area contributed by atoms with E-state index in [1.54, 1.807) is 0 Å². The summed E-state index contributed by atoms with van der Waals surface area (Å²) < 4.78 is 0. The van der Waals surface area contributed by atoms with Crippen LogP contribution in [0, 0.1) is 11.8 Å². The van der Waals surface area contributed by atoms with E-state index in [2.05, 4.69) is 5.32 Å². The van der Waals surface area contributed by atoms with Gasteiger partial charge < -0.3 is 15.5 Å². The van der Waals surface area contributed by atoms with Crippen LogP contribution in [0.25, 0.3) is 0 Å². The Morgan fingerprint density at radius 1 is 1.50 bits per heavy atom. The second-order valence-corrected chi connectivity index (χ2v) is 3.80. The Morgan fingerprint density at radius 2 is 2.07 bits per heavy atom. The van der Waals surface area contributed by atoms with Crippen molar-refractivity contribution in [1.29, 1.82) is 0 Å². The molecule has 0 aromatic carbocycles. The Balaban J connectivity index is 2.18. The first-order valence-corrected chi connectivity index (χ1v) is 4.69. The van der Waals surface area contributed by atoms with E-state index in [1.807, 2.05) is 0 Å². The number of carbonyl (C=O) groups is 2. The largest absolute Gasteiger partial charge is 0.481 e. The van der Waals surface area contributed by atoms with Crippen LogP contribution in [-0.2, 0) is 9.59 Å². The van der Waals surface area contributed by atoms with Crippen molar-refractivity contribution in [3.05, 3.63) is 0 Å². The van der Waals surface area contributed by atoms with Gasteiger partial charge in [0, 0.05) is 6.54 Å². The zero-order valence-corrected chi connectivity index (χ0v) is 8.06. The minimum Gasteiger partial charge on any atom is -0.481 e. The van der Waals surface area contributed by atoms with Gasteiger partial charge in [0.15, 0.2) is 0 Å². The average molecular weight is 201 g/mol. The third-order valence-corrected chi connectivity index (χ3v) is 2.54. The van der Waals surface area contributed by atoms with Gasteiger partial charge in [0.25, 0.3) is 0 Å². The minimum atomic E-state index is -1.11. The molecule has 14 heavy (non-hydrogen) atoms. The van der Waals surface area contributed by atoms with Gasteiger partial charge in [-0.25, -0.2) is 0 Å². The van der Waals surface area contributed by atoms with Crippen LogP contribution in [0.1, 0.15) is 19.8 Å². The number of amides is 1. The maximum absolute atomic E-state index is 11.2. The molecule has 0 aliphatic heterocycles. The lowest BCUT2D eigenvalue weighted by Gasteiger charge is -2.31. The summed E-state index contributed by atoms with van der Waals surface area (Å²) in [7, 11) is 0. The highest BCUT2D eigenvalue weighted by Crippen LogP contribution is 2.26. The van der Waals surface area contributed by atoms with Crippen LogP contribution in [0.5, 0.6) is 0 Å². The average Bonchev–Trinajstić information content (AvgIpc) is 2.08. The molecule has 0 saturated heterocycles. The smallest absolute Gasteiger partial charge is 0.315 e. The molecule has 0 aromatic rings. The van der Waals surface area contributed by atoms with E-state index in [0.29, 0.717) is 25.3 Å². The topological polar surface area (TPSA) is 86.6 Å². The summed E-state index contributed by atoms with van der Waals surface area (Å²) in [6, 6.07) is 0. The van der Waals surface area contributed by atoms with Crippen molar-refractivity contribution in [3.8, 4) is 0 Å². The highest BCUT2D eigenvalue weighted by atomic mass is 16.4. The second-order valence-electron chi connectivity index (χ2n) is 3.80. The molecule has 1 aliphatic carbocycles. The van der Waals surface area contributed by atoms with Gasteiger partial charge in [-0.05, 0) is 25.7 Å². The van der Waals surface area contributed by atoms with Gasteiger partial charge in [0.2, 0.25) is 5.91 Å². The van der Waals surface area contributed by atoms with E-state index < -0.39 is 17.8 Å². The van der Waals surface area contributed by atoms with E-state index in [-0.39, 0.29) is 6.10 Å². The third-order valence-electron chi connectivity index (χ3n) is 2.54. The molecule has 0 aromatic heterocycles. The standard InChI is InChI=1S/C9H15NO4/c1-5(9(13)14)8(12)10-4-6-2-7(11)3-6/h5-7,11H,2-4H2,1H3,(H,10,12)(H,13,14). The van der Waals surface area contributed by atoms with Gasteiger partial charge >= 0.3 is 5.97 Å². The molecule has 0 spiro atoms. The van der Waals surface area contributed by atoms with Gasteiger partial charge in [0.05, 0.1) is 6.10 Å². The Labute approximate surface area is 82.1 Å². The lowest BCUT2D eigenvalue weighted by molar-refractivity contribution is -0.146. The molecule has 0 bridgehead atoms. The van der Waals surface area contributed by atoms with Crippen molar-refractivity contribution < 1.29 is 19.8 Å². The number of aliphatic carboxylic acids is 1. The fourth-order valence-corrected chi connectivity index (χ4v) is 1.38. The number of rotatable bonds is 4. The fourth-order valence-electron chi connectivity index (χ4n) is 1.38. The molecule has 1 atom stereocenters. The molecule has 0 radical (unpaired) electrons. The highest BCUT2D eigenvalue weighted by molar-refractivity contribution is 5.96. The summed E-state index contributed by atoms with van der Waals surface area (Å²) in [5, 5.41) is 20.1. The Kier molecular flexibility index (Phi) is 3.46. The molecule has 1 fully saturated rings. The van der Waals surface area contributed by atoms with Crippen LogP contribution in [0.2, 0.25) is 0 Å². The molecule has 0 heterocycles. The van der Waals surface area contributed by atoms with Crippen LogP contribution in [0.3, 0.4) is 0 Å². The fraction of sp³-hybridized carbons (Fsp3) is 0.778. The highest BCUT2D eigenvalue weighted by Gasteiger charge is 2.28. The molecule has 1 rings (SSSR count). The van der Waals surface area contributed by atoms with Crippen LogP contribution in [0.4, 0.5) is 0 Å². The molecule has 5 nitrogen and oxygen atoms in total. The predicted octanol–water partition coefficient (Wildman–Crippen LogP) is -0.406. The Hall–Kier alpha value is -1.10. The number of hydrogen-bond acceptors (Lipinski definition) is 3. The van der Waals surface area contributed by atoms with E-state index in [4.69, 9.17) is 10.2 Å². The first-order chi connectivity index (χ1) is 6.50. The van der Waals surface area contributed by atoms with Gasteiger partial charge in [-0.2, -0.15) is 0 Å². The van der Waals surface area contributed by atoms with Crippen molar-refractivity contribution in [3.63, 3.8) is 0 Å². The van der Waals surface area contributed by atoms with Crippen LogP contribution < -0.4 is 5.32 Å². The lowest BCUT2D eigenvalue weighted by atomic mass is 9.82. The molecule has 1 aliphatic rings. The maximum atomic E-state index is 11.2. The summed E-state index contributed by atoms with van der Waals surface area (Å²) in [5.41, 5.74) is 0. The van der Waals surface area contributed by atoms with Crippen molar-refractivity contribution in [2.24, 2.45) is 11.8 Å². The molecular formula is C9H15NO4. The summed E-state index contributed by atoms with van der Waals surface area (Å²) in [6.45, 7) is 1.82. The zero-order chi connectivity index (χ0) is 10.7. The normalized spacial score (nSPS) is 27.6. The predicted molar refractivity (Wildman–Crippen MR) is 48.5 cm³/mol. The second kappa shape index (κ2) is 4.41. The number of hydrogen-bond donors (Lipinski definition) is 3. The Morgan fingerprint density at radius 3 is 2.50 bits per heavy atom. The van der Waals surface area contributed by atoms with Gasteiger partial charge in [-0.3, -0.25) is 9.59 Å². The van der Waals surface area contributed by atoms with E-state index in [9.17, 15) is 9.59 Å². The summed E-state index contributed by atoms with van der Waals surface area (Å²) in [6.07, 6.45) is 1.15. The molecule has 1 amide bonds. The lowest BCUT2D eigenvalue weighted by Crippen LogP contribution is -2.41. The van der Waals surface area contributed by atoms with Crippen molar-refractivity contribution in [2.45, 2.75) is 25.9 Å². The summed E-state index contributed by atoms with van der Waals surface area (Å²) >= 11 is 0. The first kappa shape index (κ1) is 11.0. The summed E-state index contributed by atoms with van der Waals surface area (Å²) in [4.78, 5) is 21.6. The van der Waals surface area contributed by atoms with Gasteiger partial charge in [-0.15, -0.1) is 0 Å². The van der Waals surface area contributed by atoms with E-state index >= 15 is 0 Å². The van der Waals surface area contributed by atoms with Crippen molar-refractivity contribution in [1.82, 2.24) is 5.32 Å². The molecular weight excluding hydrogens is 186 g/mol. The Bertz CT molecular complexity index is 235. The maximum Gasteiger partial charge on any atom is 0.315 e. The molecule has 80 valence electrons. The number of aliphatic hydroxyl groups is 1. The van der Waals surface area contributed by atoms with Crippen molar-refractivity contribution >= 4 is 11.9 Å². The van der Waals surface area contributed by atoms with Crippen LogP contribution >= 0.6 is 0 Å². The number of carboxylic acid groups (broad SMARTS) is 1. The number of aliphatic hydroxyl groups excluding tert-OH is 1. The van der Waals surface area contributed by atoms with Crippen molar-refractivity contribution in [2.75, 3.05) is 6.54 Å². The third kappa shape index (κ3) is 2.70. The quantitative estimate of drug-likeness (QED) is 0.540. The minimum absolute atomic E-state index is 0.242. The monoisotopic (exact) mass is 201 g/mol. The number of carbonyl (C=O) groups excluding carboxylic acids is 1. The molecule has 3 N–H and O–H groups in total. The molecule has 1 unspecified atom stereocenters. The van der Waals surface area contributed by atoms with E-state index in [0.717, 1.165) is 0 Å². The SMILES string of the molecule is CC(C(=O)O)C(=O)NCC1CC(O)C1. The molecule has 5 heteroatoms. The summed E-state index contributed by atoms with van der Waals surface area (Å²) in [5.74, 6) is -2.27. The molecule has 1 saturated carbocycles. The van der Waals surface area contributed by atoms with E-state index in [1.165, 1.54) is 6.92 Å².